The number of benzene rings is 2. The van der Waals surface area contributed by atoms with Gasteiger partial charge in [-0.05, 0) is 24.0 Å². The van der Waals surface area contributed by atoms with Crippen molar-refractivity contribution in [2.45, 2.75) is 30.9 Å². The Hall–Kier alpha value is -2.14. The highest BCUT2D eigenvalue weighted by molar-refractivity contribution is 7.91. The van der Waals surface area contributed by atoms with Gasteiger partial charge in [0.15, 0.2) is 9.84 Å². The molecule has 4 nitrogen and oxygen atoms in total. The van der Waals surface area contributed by atoms with Crippen LogP contribution in [0.5, 0.6) is 0 Å². The molecule has 26 heavy (non-hydrogen) atoms. The highest BCUT2D eigenvalue weighted by Crippen LogP contribution is 2.31. The Morgan fingerprint density at radius 3 is 2.27 bits per heavy atom. The molecule has 0 saturated carbocycles. The molecule has 1 aliphatic heterocycles. The molecule has 0 radical (unpaired) electrons. The first kappa shape index (κ1) is 18.6. The van der Waals surface area contributed by atoms with Gasteiger partial charge in [0.25, 0.3) is 0 Å². The van der Waals surface area contributed by atoms with Gasteiger partial charge in [-0.3, -0.25) is 4.79 Å². The van der Waals surface area contributed by atoms with Crippen molar-refractivity contribution in [1.82, 2.24) is 4.90 Å². The number of amides is 1. The van der Waals surface area contributed by atoms with Gasteiger partial charge < -0.3 is 4.90 Å². The van der Waals surface area contributed by atoms with Gasteiger partial charge in [0.05, 0.1) is 16.9 Å². The zero-order valence-corrected chi connectivity index (χ0v) is 15.9. The number of sulfone groups is 1. The SMILES string of the molecule is CC[C@@H](C(=O)N1CC[C@H](c2ccccc2)S(=O)(=O)CC1)c1ccccc1. The number of carbonyl (C=O) groups excluding carboxylic acids is 1. The van der Waals surface area contributed by atoms with Crippen molar-refractivity contribution in [2.75, 3.05) is 18.8 Å². The summed E-state index contributed by atoms with van der Waals surface area (Å²) in [4.78, 5) is 14.8. The lowest BCUT2D eigenvalue weighted by Gasteiger charge is -2.25. The van der Waals surface area contributed by atoms with Crippen LogP contribution < -0.4 is 0 Å². The minimum Gasteiger partial charge on any atom is -0.341 e. The van der Waals surface area contributed by atoms with Gasteiger partial charge in [-0.2, -0.15) is 0 Å². The van der Waals surface area contributed by atoms with Gasteiger partial charge in [-0.1, -0.05) is 67.6 Å². The van der Waals surface area contributed by atoms with Crippen molar-refractivity contribution < 1.29 is 13.2 Å². The van der Waals surface area contributed by atoms with E-state index in [1.165, 1.54) is 0 Å². The molecule has 3 rings (SSSR count). The monoisotopic (exact) mass is 371 g/mol. The summed E-state index contributed by atoms with van der Waals surface area (Å²) < 4.78 is 25.5. The lowest BCUT2D eigenvalue weighted by Crippen LogP contribution is -2.37. The molecular formula is C21H25NO3S. The quantitative estimate of drug-likeness (QED) is 0.826. The predicted molar refractivity (Wildman–Crippen MR) is 104 cm³/mol. The van der Waals surface area contributed by atoms with Crippen molar-refractivity contribution in [3.05, 3.63) is 71.8 Å². The van der Waals surface area contributed by atoms with E-state index >= 15 is 0 Å². The van der Waals surface area contributed by atoms with E-state index in [9.17, 15) is 13.2 Å². The Kier molecular flexibility index (Phi) is 5.77. The average Bonchev–Trinajstić information content (AvgIpc) is 2.82. The second-order valence-electron chi connectivity index (χ2n) is 6.75. The average molecular weight is 372 g/mol. The summed E-state index contributed by atoms with van der Waals surface area (Å²) in [7, 11) is -3.27. The molecule has 0 spiro atoms. The van der Waals surface area contributed by atoms with Gasteiger partial charge in [-0.15, -0.1) is 0 Å². The van der Waals surface area contributed by atoms with E-state index in [2.05, 4.69) is 0 Å². The molecule has 0 bridgehead atoms. The van der Waals surface area contributed by atoms with E-state index in [0.717, 1.165) is 11.1 Å². The molecule has 2 atom stereocenters. The summed E-state index contributed by atoms with van der Waals surface area (Å²) in [5, 5.41) is -0.529. The second-order valence-corrected chi connectivity index (χ2v) is 9.05. The highest BCUT2D eigenvalue weighted by Gasteiger charge is 2.34. The number of carbonyl (C=O) groups is 1. The molecule has 0 N–H and O–H groups in total. The van der Waals surface area contributed by atoms with Gasteiger partial charge in [0.2, 0.25) is 5.91 Å². The van der Waals surface area contributed by atoms with Crippen LogP contribution in [0.25, 0.3) is 0 Å². The summed E-state index contributed by atoms with van der Waals surface area (Å²) in [6, 6.07) is 19.1. The number of nitrogens with zero attached hydrogens (tertiary/aromatic N) is 1. The summed E-state index contributed by atoms with van der Waals surface area (Å²) in [5.41, 5.74) is 1.81. The topological polar surface area (TPSA) is 54.5 Å². The largest absolute Gasteiger partial charge is 0.341 e. The lowest BCUT2D eigenvalue weighted by molar-refractivity contribution is -0.132. The van der Waals surface area contributed by atoms with Gasteiger partial charge in [-0.25, -0.2) is 8.42 Å². The molecule has 1 saturated heterocycles. The molecule has 1 aliphatic rings. The van der Waals surface area contributed by atoms with Crippen LogP contribution in [0, 0.1) is 0 Å². The Morgan fingerprint density at radius 1 is 1.04 bits per heavy atom. The van der Waals surface area contributed by atoms with E-state index in [4.69, 9.17) is 0 Å². The Morgan fingerprint density at radius 2 is 1.65 bits per heavy atom. The maximum Gasteiger partial charge on any atom is 0.230 e. The van der Waals surface area contributed by atoms with Crippen LogP contribution in [-0.4, -0.2) is 38.1 Å². The minimum absolute atomic E-state index is 0.0174. The third-order valence-corrected chi connectivity index (χ3v) is 7.26. The van der Waals surface area contributed by atoms with Crippen molar-refractivity contribution >= 4 is 15.7 Å². The van der Waals surface area contributed by atoms with Crippen molar-refractivity contribution in [1.29, 1.82) is 0 Å². The summed E-state index contributed by atoms with van der Waals surface area (Å²) >= 11 is 0. The van der Waals surface area contributed by atoms with Crippen LogP contribution in [-0.2, 0) is 14.6 Å². The fourth-order valence-electron chi connectivity index (χ4n) is 3.66. The molecule has 1 heterocycles. The van der Waals surface area contributed by atoms with Gasteiger partial charge >= 0.3 is 0 Å². The number of hydrogen-bond acceptors (Lipinski definition) is 3. The Bertz CT molecular complexity index is 834. The van der Waals surface area contributed by atoms with Crippen LogP contribution >= 0.6 is 0 Å². The van der Waals surface area contributed by atoms with Crippen LogP contribution in [0.2, 0.25) is 0 Å². The Balaban J connectivity index is 1.80. The summed E-state index contributed by atoms with van der Waals surface area (Å²) in [6.07, 6.45) is 1.15. The number of hydrogen-bond donors (Lipinski definition) is 0. The highest BCUT2D eigenvalue weighted by atomic mass is 32.2. The standard InChI is InChI=1S/C21H25NO3S/c1-2-19(17-9-5-3-6-10-17)21(23)22-14-13-20(26(24,25)16-15-22)18-11-7-4-8-12-18/h3-12,19-20H,2,13-16H2,1H3/t19-,20-/m1/s1. The molecule has 2 aromatic rings. The molecule has 1 fully saturated rings. The molecule has 138 valence electrons. The summed E-state index contributed by atoms with van der Waals surface area (Å²) in [5.74, 6) is -0.168. The van der Waals surface area contributed by atoms with E-state index in [1.54, 1.807) is 4.90 Å². The van der Waals surface area contributed by atoms with Crippen LogP contribution in [0.1, 0.15) is 42.1 Å². The van der Waals surface area contributed by atoms with Crippen LogP contribution in [0.4, 0.5) is 0 Å². The maximum absolute atomic E-state index is 13.1. The fraction of sp³-hybridized carbons (Fsp3) is 0.381. The van der Waals surface area contributed by atoms with E-state index in [0.29, 0.717) is 19.4 Å². The first-order valence-corrected chi connectivity index (χ1v) is 10.8. The third-order valence-electron chi connectivity index (χ3n) is 5.13. The fourth-order valence-corrected chi connectivity index (χ4v) is 5.46. The first-order chi connectivity index (χ1) is 12.5. The van der Waals surface area contributed by atoms with Crippen LogP contribution in [0.3, 0.4) is 0 Å². The van der Waals surface area contributed by atoms with E-state index in [-0.39, 0.29) is 24.1 Å². The normalized spacial score (nSPS) is 21.0. The van der Waals surface area contributed by atoms with Crippen molar-refractivity contribution in [3.63, 3.8) is 0 Å². The van der Waals surface area contributed by atoms with Crippen molar-refractivity contribution in [3.8, 4) is 0 Å². The molecule has 5 heteroatoms. The third kappa shape index (κ3) is 3.98. The predicted octanol–water partition coefficient (Wildman–Crippen LogP) is 3.57. The van der Waals surface area contributed by atoms with E-state index in [1.807, 2.05) is 67.6 Å². The Labute approximate surface area is 155 Å². The van der Waals surface area contributed by atoms with Gasteiger partial charge in [0, 0.05) is 13.1 Å². The molecular weight excluding hydrogens is 346 g/mol. The first-order valence-electron chi connectivity index (χ1n) is 9.13. The molecule has 0 aromatic heterocycles. The molecule has 0 unspecified atom stereocenters. The lowest BCUT2D eigenvalue weighted by atomic mass is 9.95. The van der Waals surface area contributed by atoms with Crippen LogP contribution in [0.15, 0.2) is 60.7 Å². The zero-order chi connectivity index (χ0) is 18.6. The van der Waals surface area contributed by atoms with Gasteiger partial charge in [0.1, 0.15) is 0 Å². The smallest absolute Gasteiger partial charge is 0.230 e. The number of rotatable bonds is 4. The summed E-state index contributed by atoms with van der Waals surface area (Å²) in [6.45, 7) is 2.74. The zero-order valence-electron chi connectivity index (χ0n) is 15.0. The van der Waals surface area contributed by atoms with Crippen molar-refractivity contribution in [2.24, 2.45) is 0 Å². The molecule has 1 amide bonds. The molecule has 0 aliphatic carbocycles. The second kappa shape index (κ2) is 8.04. The minimum atomic E-state index is -3.27. The van der Waals surface area contributed by atoms with E-state index < -0.39 is 15.1 Å². The maximum atomic E-state index is 13.1. The molecule has 2 aromatic carbocycles.